The number of carbonyl (C=O) groups excluding carboxylic acids is 2. The molecule has 0 bridgehead atoms. The molecule has 0 aliphatic carbocycles. The number of benzene rings is 3. The summed E-state index contributed by atoms with van der Waals surface area (Å²) in [6.07, 6.45) is 0. The molecule has 0 fully saturated rings. The molecule has 0 saturated heterocycles. The largest absolute Gasteiger partial charge is 0.352 e. The summed E-state index contributed by atoms with van der Waals surface area (Å²) >= 11 is 6.17. The van der Waals surface area contributed by atoms with Crippen molar-refractivity contribution in [3.8, 4) is 0 Å². The van der Waals surface area contributed by atoms with Crippen LogP contribution < -0.4 is 9.62 Å². The number of amides is 2. The van der Waals surface area contributed by atoms with Crippen LogP contribution in [0.3, 0.4) is 0 Å². The predicted molar refractivity (Wildman–Crippen MR) is 152 cm³/mol. The summed E-state index contributed by atoms with van der Waals surface area (Å²) in [6, 6.07) is 19.5. The summed E-state index contributed by atoms with van der Waals surface area (Å²) in [5.41, 5.74) is 2.69. The Kier molecular flexibility index (Phi) is 9.57. The molecule has 9 heteroatoms. The van der Waals surface area contributed by atoms with E-state index in [1.807, 2.05) is 39.0 Å². The van der Waals surface area contributed by atoms with Gasteiger partial charge in [0.05, 0.1) is 10.6 Å². The highest BCUT2D eigenvalue weighted by molar-refractivity contribution is 7.92. The lowest BCUT2D eigenvalue weighted by molar-refractivity contribution is -0.139. The maximum atomic E-state index is 13.9. The third-order valence-corrected chi connectivity index (χ3v) is 8.09. The molecule has 0 radical (unpaired) electrons. The van der Waals surface area contributed by atoms with Crippen LogP contribution in [0.1, 0.15) is 37.5 Å². The molecule has 3 aromatic carbocycles. The number of anilines is 1. The second-order valence-corrected chi connectivity index (χ2v) is 11.9. The first kappa shape index (κ1) is 29.2. The average molecular weight is 556 g/mol. The SMILES string of the molecule is Cc1ccc(C)c(N(CC(=O)N(Cc2cccc(Cl)c2)[C@H](C)C(=O)NC(C)C)S(=O)(=O)c2ccccc2)c1. The second-order valence-electron chi connectivity index (χ2n) is 9.61. The molecule has 0 aromatic heterocycles. The zero-order valence-corrected chi connectivity index (χ0v) is 23.9. The van der Waals surface area contributed by atoms with Crippen molar-refractivity contribution in [1.82, 2.24) is 10.2 Å². The molecular weight excluding hydrogens is 522 g/mol. The van der Waals surface area contributed by atoms with E-state index in [2.05, 4.69) is 5.32 Å². The zero-order chi connectivity index (χ0) is 28.0. The Morgan fingerprint density at radius 2 is 1.61 bits per heavy atom. The molecule has 3 rings (SSSR count). The van der Waals surface area contributed by atoms with Gasteiger partial charge in [-0.25, -0.2) is 8.42 Å². The smallest absolute Gasteiger partial charge is 0.264 e. The number of halogens is 1. The predicted octanol–water partition coefficient (Wildman–Crippen LogP) is 5.09. The van der Waals surface area contributed by atoms with Gasteiger partial charge in [-0.05, 0) is 81.6 Å². The zero-order valence-electron chi connectivity index (χ0n) is 22.3. The van der Waals surface area contributed by atoms with Gasteiger partial charge in [-0.15, -0.1) is 0 Å². The van der Waals surface area contributed by atoms with Gasteiger partial charge in [0.2, 0.25) is 11.8 Å². The van der Waals surface area contributed by atoms with E-state index < -0.39 is 28.5 Å². The average Bonchev–Trinajstić information content (AvgIpc) is 2.87. The number of hydrogen-bond donors (Lipinski definition) is 1. The topological polar surface area (TPSA) is 86.8 Å². The van der Waals surface area contributed by atoms with Crippen LogP contribution in [0.4, 0.5) is 5.69 Å². The van der Waals surface area contributed by atoms with Crippen molar-refractivity contribution < 1.29 is 18.0 Å². The number of rotatable bonds is 10. The monoisotopic (exact) mass is 555 g/mol. The number of hydrogen-bond acceptors (Lipinski definition) is 4. The Hall–Kier alpha value is -3.36. The van der Waals surface area contributed by atoms with E-state index in [-0.39, 0.29) is 23.4 Å². The maximum absolute atomic E-state index is 13.9. The van der Waals surface area contributed by atoms with Gasteiger partial charge < -0.3 is 10.2 Å². The fourth-order valence-electron chi connectivity index (χ4n) is 4.04. The Morgan fingerprint density at radius 3 is 2.24 bits per heavy atom. The van der Waals surface area contributed by atoms with Gasteiger partial charge in [-0.1, -0.05) is 54.1 Å². The lowest BCUT2D eigenvalue weighted by atomic mass is 10.1. The molecule has 0 unspecified atom stereocenters. The standard InChI is InChI=1S/C29H34ClN3O4S/c1-20(2)31-29(35)23(5)32(18-24-10-9-11-25(30)17-24)28(34)19-33(27-16-21(3)14-15-22(27)4)38(36,37)26-12-7-6-8-13-26/h6-17,20,23H,18-19H2,1-5H3,(H,31,35)/t23-/m1/s1. The Labute approximate surface area is 230 Å². The van der Waals surface area contributed by atoms with Gasteiger partial charge in [-0.3, -0.25) is 13.9 Å². The molecule has 0 aliphatic rings. The van der Waals surface area contributed by atoms with Gasteiger partial charge in [0.15, 0.2) is 0 Å². The quantitative estimate of drug-likeness (QED) is 0.377. The van der Waals surface area contributed by atoms with Crippen LogP contribution in [0.25, 0.3) is 0 Å². The molecule has 38 heavy (non-hydrogen) atoms. The van der Waals surface area contributed by atoms with E-state index in [0.717, 1.165) is 15.4 Å². The van der Waals surface area contributed by atoms with Crippen molar-refractivity contribution in [3.63, 3.8) is 0 Å². The lowest BCUT2D eigenvalue weighted by Crippen LogP contribution is -2.52. The first-order valence-electron chi connectivity index (χ1n) is 12.4. The van der Waals surface area contributed by atoms with Crippen molar-refractivity contribution in [2.45, 2.75) is 58.1 Å². The van der Waals surface area contributed by atoms with Gasteiger partial charge in [0.25, 0.3) is 10.0 Å². The number of sulfonamides is 1. The fourth-order valence-corrected chi connectivity index (χ4v) is 5.75. The first-order valence-corrected chi connectivity index (χ1v) is 14.2. The van der Waals surface area contributed by atoms with Crippen LogP contribution in [-0.4, -0.2) is 43.8 Å². The van der Waals surface area contributed by atoms with Crippen LogP contribution in [0.15, 0.2) is 77.7 Å². The van der Waals surface area contributed by atoms with Crippen LogP contribution in [0.5, 0.6) is 0 Å². The number of nitrogens with one attached hydrogen (secondary N) is 1. The van der Waals surface area contributed by atoms with Crippen molar-refractivity contribution >= 4 is 39.1 Å². The van der Waals surface area contributed by atoms with Crippen molar-refractivity contribution in [1.29, 1.82) is 0 Å². The van der Waals surface area contributed by atoms with Gasteiger partial charge in [-0.2, -0.15) is 0 Å². The minimum atomic E-state index is -4.10. The van der Waals surface area contributed by atoms with Crippen LogP contribution >= 0.6 is 11.6 Å². The third kappa shape index (κ3) is 7.14. The minimum absolute atomic E-state index is 0.0701. The molecule has 0 spiro atoms. The van der Waals surface area contributed by atoms with Crippen LogP contribution in [-0.2, 0) is 26.2 Å². The Balaban J connectivity index is 2.07. The number of aryl methyl sites for hydroxylation is 2. The van der Waals surface area contributed by atoms with E-state index in [1.165, 1.54) is 17.0 Å². The molecular formula is C29H34ClN3O4S. The van der Waals surface area contributed by atoms with E-state index in [9.17, 15) is 18.0 Å². The summed E-state index contributed by atoms with van der Waals surface area (Å²) < 4.78 is 28.9. The highest BCUT2D eigenvalue weighted by atomic mass is 35.5. The first-order chi connectivity index (χ1) is 17.9. The molecule has 7 nitrogen and oxygen atoms in total. The number of carbonyl (C=O) groups is 2. The summed E-state index contributed by atoms with van der Waals surface area (Å²) in [5.74, 6) is -0.851. The fraction of sp³-hybridized carbons (Fsp3) is 0.310. The molecule has 1 N–H and O–H groups in total. The normalized spacial score (nSPS) is 12.2. The number of nitrogens with zero attached hydrogens (tertiary/aromatic N) is 2. The Bertz CT molecular complexity index is 1390. The molecule has 3 aromatic rings. The molecule has 2 amide bonds. The molecule has 1 atom stereocenters. The molecule has 0 aliphatic heterocycles. The van der Waals surface area contributed by atoms with E-state index in [1.54, 1.807) is 56.3 Å². The minimum Gasteiger partial charge on any atom is -0.352 e. The van der Waals surface area contributed by atoms with Gasteiger partial charge in [0, 0.05) is 17.6 Å². The molecule has 202 valence electrons. The summed E-state index contributed by atoms with van der Waals surface area (Å²) in [6.45, 7) is 8.56. The van der Waals surface area contributed by atoms with E-state index in [0.29, 0.717) is 16.3 Å². The lowest BCUT2D eigenvalue weighted by Gasteiger charge is -2.33. The highest BCUT2D eigenvalue weighted by Gasteiger charge is 2.33. The summed E-state index contributed by atoms with van der Waals surface area (Å²) in [5, 5.41) is 3.34. The Morgan fingerprint density at radius 1 is 0.921 bits per heavy atom. The van der Waals surface area contributed by atoms with E-state index in [4.69, 9.17) is 11.6 Å². The van der Waals surface area contributed by atoms with Gasteiger partial charge in [0.1, 0.15) is 12.6 Å². The maximum Gasteiger partial charge on any atom is 0.264 e. The van der Waals surface area contributed by atoms with Crippen molar-refractivity contribution in [2.75, 3.05) is 10.8 Å². The van der Waals surface area contributed by atoms with Gasteiger partial charge >= 0.3 is 0 Å². The van der Waals surface area contributed by atoms with E-state index >= 15 is 0 Å². The van der Waals surface area contributed by atoms with Crippen molar-refractivity contribution in [3.05, 3.63) is 94.5 Å². The summed E-state index contributed by atoms with van der Waals surface area (Å²) in [4.78, 5) is 28.4. The molecule has 0 saturated carbocycles. The highest BCUT2D eigenvalue weighted by Crippen LogP contribution is 2.28. The molecule has 0 heterocycles. The van der Waals surface area contributed by atoms with Crippen molar-refractivity contribution in [2.24, 2.45) is 0 Å². The van der Waals surface area contributed by atoms with Crippen LogP contribution in [0.2, 0.25) is 5.02 Å². The summed E-state index contributed by atoms with van der Waals surface area (Å²) in [7, 11) is -4.10. The second kappa shape index (κ2) is 12.5. The third-order valence-electron chi connectivity index (χ3n) is 6.08. The van der Waals surface area contributed by atoms with Crippen LogP contribution in [0, 0.1) is 13.8 Å².